The zero-order valence-electron chi connectivity index (χ0n) is 8.84. The molecule has 1 N–H and O–H groups in total. The van der Waals surface area contributed by atoms with Gasteiger partial charge in [0.15, 0.2) is 0 Å². The molecule has 0 bridgehead atoms. The summed E-state index contributed by atoms with van der Waals surface area (Å²) < 4.78 is 1.75. The molecule has 0 fully saturated rings. The first kappa shape index (κ1) is 10.2. The maximum Gasteiger partial charge on any atom is 0.117 e. The Morgan fingerprint density at radius 2 is 2.00 bits per heavy atom. The molecule has 3 aromatic rings. The zero-order valence-corrected chi connectivity index (χ0v) is 9.59. The van der Waals surface area contributed by atoms with Crippen molar-refractivity contribution < 1.29 is 5.11 Å². The Morgan fingerprint density at radius 3 is 2.82 bits per heavy atom. The van der Waals surface area contributed by atoms with Crippen molar-refractivity contribution in [3.05, 3.63) is 53.7 Å². The van der Waals surface area contributed by atoms with Gasteiger partial charge in [-0.25, -0.2) is 4.68 Å². The summed E-state index contributed by atoms with van der Waals surface area (Å²) in [5.41, 5.74) is 1.73. The molecular formula is C13H9ClN2O. The van der Waals surface area contributed by atoms with Crippen LogP contribution in [-0.4, -0.2) is 14.9 Å². The smallest absolute Gasteiger partial charge is 0.117 e. The van der Waals surface area contributed by atoms with Crippen molar-refractivity contribution in [2.45, 2.75) is 0 Å². The number of phenolic OH excluding ortho intramolecular Hbond substituents is 1. The minimum Gasteiger partial charge on any atom is -0.508 e. The largest absolute Gasteiger partial charge is 0.508 e. The topological polar surface area (TPSA) is 38.0 Å². The number of aromatic nitrogens is 2. The summed E-state index contributed by atoms with van der Waals surface area (Å²) in [6.07, 6.45) is 1.77. The summed E-state index contributed by atoms with van der Waals surface area (Å²) in [5.74, 6) is 0.216. The van der Waals surface area contributed by atoms with Crippen LogP contribution in [0.2, 0.25) is 5.02 Å². The molecule has 0 saturated heterocycles. The van der Waals surface area contributed by atoms with E-state index in [1.165, 1.54) is 0 Å². The number of phenols is 1. The van der Waals surface area contributed by atoms with Crippen molar-refractivity contribution in [1.82, 2.24) is 9.78 Å². The molecule has 0 aliphatic rings. The van der Waals surface area contributed by atoms with E-state index >= 15 is 0 Å². The second kappa shape index (κ2) is 3.79. The maximum absolute atomic E-state index is 9.47. The van der Waals surface area contributed by atoms with Crippen molar-refractivity contribution in [3.8, 4) is 11.4 Å². The molecule has 3 rings (SSSR count). The lowest BCUT2D eigenvalue weighted by molar-refractivity contribution is 0.475. The van der Waals surface area contributed by atoms with Gasteiger partial charge in [0.05, 0.1) is 17.4 Å². The maximum atomic E-state index is 9.47. The van der Waals surface area contributed by atoms with E-state index in [1.807, 2.05) is 24.3 Å². The van der Waals surface area contributed by atoms with Gasteiger partial charge in [-0.15, -0.1) is 0 Å². The third-order valence-electron chi connectivity index (χ3n) is 2.61. The van der Waals surface area contributed by atoms with Crippen LogP contribution < -0.4 is 0 Å². The highest BCUT2D eigenvalue weighted by Gasteiger charge is 2.05. The van der Waals surface area contributed by atoms with Gasteiger partial charge in [0.25, 0.3) is 0 Å². The van der Waals surface area contributed by atoms with Crippen molar-refractivity contribution in [2.24, 2.45) is 0 Å². The Morgan fingerprint density at radius 1 is 1.12 bits per heavy atom. The molecule has 0 aliphatic heterocycles. The molecule has 4 heteroatoms. The predicted octanol–water partition coefficient (Wildman–Crippen LogP) is 3.38. The van der Waals surface area contributed by atoms with Crippen LogP contribution in [0, 0.1) is 0 Å². The fourth-order valence-corrected chi connectivity index (χ4v) is 1.99. The predicted molar refractivity (Wildman–Crippen MR) is 67.7 cm³/mol. The lowest BCUT2D eigenvalue weighted by Gasteiger charge is -2.04. The first-order valence-electron chi connectivity index (χ1n) is 5.17. The van der Waals surface area contributed by atoms with Gasteiger partial charge in [0.1, 0.15) is 5.75 Å². The van der Waals surface area contributed by atoms with Crippen LogP contribution in [-0.2, 0) is 0 Å². The highest BCUT2D eigenvalue weighted by molar-refractivity contribution is 6.31. The van der Waals surface area contributed by atoms with E-state index in [4.69, 9.17) is 11.6 Å². The number of nitrogens with zero attached hydrogens (tertiary/aromatic N) is 2. The number of hydrogen-bond donors (Lipinski definition) is 1. The van der Waals surface area contributed by atoms with Crippen LogP contribution in [0.4, 0.5) is 0 Å². The summed E-state index contributed by atoms with van der Waals surface area (Å²) >= 11 is 5.98. The Labute approximate surface area is 103 Å². The van der Waals surface area contributed by atoms with Crippen LogP contribution >= 0.6 is 11.6 Å². The van der Waals surface area contributed by atoms with E-state index in [1.54, 1.807) is 29.1 Å². The van der Waals surface area contributed by atoms with Crippen LogP contribution in [0.5, 0.6) is 5.75 Å². The summed E-state index contributed by atoms with van der Waals surface area (Å²) in [6.45, 7) is 0. The highest BCUT2D eigenvalue weighted by atomic mass is 35.5. The van der Waals surface area contributed by atoms with Crippen LogP contribution in [0.15, 0.2) is 48.7 Å². The molecule has 0 aliphatic carbocycles. The SMILES string of the molecule is Oc1cccc(-n2ncc3ccc(Cl)cc32)c1. The third-order valence-corrected chi connectivity index (χ3v) is 2.84. The Bertz CT molecular complexity index is 691. The molecule has 0 radical (unpaired) electrons. The monoisotopic (exact) mass is 244 g/mol. The number of benzene rings is 2. The molecule has 17 heavy (non-hydrogen) atoms. The van der Waals surface area contributed by atoms with E-state index in [0.717, 1.165) is 16.6 Å². The van der Waals surface area contributed by atoms with Crippen LogP contribution in [0.3, 0.4) is 0 Å². The number of fused-ring (bicyclic) bond motifs is 1. The first-order chi connectivity index (χ1) is 8.24. The number of aromatic hydroxyl groups is 1. The Balaban J connectivity index is 2.27. The lowest BCUT2D eigenvalue weighted by Crippen LogP contribution is -1.95. The van der Waals surface area contributed by atoms with E-state index in [2.05, 4.69) is 5.10 Å². The van der Waals surface area contributed by atoms with Gasteiger partial charge in [-0.1, -0.05) is 17.7 Å². The molecule has 0 atom stereocenters. The molecule has 0 spiro atoms. The lowest BCUT2D eigenvalue weighted by atomic mass is 10.2. The molecule has 84 valence electrons. The van der Waals surface area contributed by atoms with Crippen molar-refractivity contribution in [2.75, 3.05) is 0 Å². The van der Waals surface area contributed by atoms with Crippen LogP contribution in [0.25, 0.3) is 16.6 Å². The normalized spacial score (nSPS) is 10.9. The fraction of sp³-hybridized carbons (Fsp3) is 0. The van der Waals surface area contributed by atoms with Gasteiger partial charge in [-0.05, 0) is 30.3 Å². The molecule has 2 aromatic carbocycles. The molecule has 0 unspecified atom stereocenters. The summed E-state index contributed by atoms with van der Waals surface area (Å²) in [4.78, 5) is 0. The number of rotatable bonds is 1. The fourth-order valence-electron chi connectivity index (χ4n) is 1.82. The first-order valence-corrected chi connectivity index (χ1v) is 5.54. The van der Waals surface area contributed by atoms with E-state index in [9.17, 15) is 5.11 Å². The van der Waals surface area contributed by atoms with Gasteiger partial charge in [0, 0.05) is 16.5 Å². The zero-order chi connectivity index (χ0) is 11.8. The number of halogens is 1. The van der Waals surface area contributed by atoms with E-state index in [0.29, 0.717) is 5.02 Å². The van der Waals surface area contributed by atoms with Gasteiger partial charge >= 0.3 is 0 Å². The quantitative estimate of drug-likeness (QED) is 0.713. The second-order valence-corrected chi connectivity index (χ2v) is 4.22. The Kier molecular flexibility index (Phi) is 2.27. The summed E-state index contributed by atoms with van der Waals surface area (Å²) in [6, 6.07) is 12.6. The van der Waals surface area contributed by atoms with E-state index < -0.39 is 0 Å². The van der Waals surface area contributed by atoms with Gasteiger partial charge in [-0.3, -0.25) is 0 Å². The van der Waals surface area contributed by atoms with Gasteiger partial charge in [-0.2, -0.15) is 5.10 Å². The molecule has 1 aromatic heterocycles. The van der Waals surface area contributed by atoms with Gasteiger partial charge < -0.3 is 5.11 Å². The van der Waals surface area contributed by atoms with E-state index in [-0.39, 0.29) is 5.75 Å². The Hall–Kier alpha value is -2.00. The third kappa shape index (κ3) is 1.74. The van der Waals surface area contributed by atoms with Crippen molar-refractivity contribution in [3.63, 3.8) is 0 Å². The summed E-state index contributed by atoms with van der Waals surface area (Å²) in [7, 11) is 0. The average molecular weight is 245 g/mol. The second-order valence-electron chi connectivity index (χ2n) is 3.78. The average Bonchev–Trinajstić information content (AvgIpc) is 2.71. The number of hydrogen-bond acceptors (Lipinski definition) is 2. The molecular weight excluding hydrogens is 236 g/mol. The van der Waals surface area contributed by atoms with Crippen molar-refractivity contribution >= 4 is 22.5 Å². The highest BCUT2D eigenvalue weighted by Crippen LogP contribution is 2.23. The molecule has 1 heterocycles. The standard InChI is InChI=1S/C13H9ClN2O/c14-10-5-4-9-8-15-16(13(9)6-10)11-2-1-3-12(17)7-11/h1-8,17H. The minimum atomic E-state index is 0.216. The van der Waals surface area contributed by atoms with Crippen molar-refractivity contribution in [1.29, 1.82) is 0 Å². The molecule has 3 nitrogen and oxygen atoms in total. The summed E-state index contributed by atoms with van der Waals surface area (Å²) in [5, 5.41) is 15.4. The van der Waals surface area contributed by atoms with Crippen LogP contribution in [0.1, 0.15) is 0 Å². The molecule has 0 amide bonds. The molecule has 0 saturated carbocycles. The minimum absolute atomic E-state index is 0.216. The van der Waals surface area contributed by atoms with Gasteiger partial charge in [0.2, 0.25) is 0 Å².